The maximum atomic E-state index is 11.8. The molecule has 0 aliphatic heterocycles. The van der Waals surface area contributed by atoms with Crippen molar-refractivity contribution in [1.82, 2.24) is 19.7 Å². The third-order valence-electron chi connectivity index (χ3n) is 7.51. The van der Waals surface area contributed by atoms with Crippen molar-refractivity contribution in [2.75, 3.05) is 13.7 Å². The van der Waals surface area contributed by atoms with E-state index >= 15 is 0 Å². The van der Waals surface area contributed by atoms with Gasteiger partial charge in [-0.3, -0.25) is 4.79 Å². The minimum atomic E-state index is -0.256. The van der Waals surface area contributed by atoms with Crippen molar-refractivity contribution < 1.29 is 28.2 Å². The van der Waals surface area contributed by atoms with Crippen LogP contribution in [0.15, 0.2) is 88.8 Å². The average Bonchev–Trinajstić information content (AvgIpc) is 3.84. The molecule has 0 fully saturated rings. The maximum absolute atomic E-state index is 11.8. The highest BCUT2D eigenvalue weighted by Crippen LogP contribution is 2.31. The highest BCUT2D eigenvalue weighted by Gasteiger charge is 2.16. The summed E-state index contributed by atoms with van der Waals surface area (Å²) in [6, 6.07) is 23.1. The minimum Gasteiger partial charge on any atom is -0.493 e. The Morgan fingerprint density at radius 3 is 2.45 bits per heavy atom. The zero-order valence-corrected chi connectivity index (χ0v) is 28.5. The summed E-state index contributed by atoms with van der Waals surface area (Å²) in [6.07, 6.45) is 6.08. The number of carbonyl (C=O) groups is 1. The first-order valence-electron chi connectivity index (χ1n) is 15.8. The van der Waals surface area contributed by atoms with Gasteiger partial charge in [0.15, 0.2) is 11.5 Å². The molecule has 0 atom stereocenters. The molecule has 0 N–H and O–H groups in total. The van der Waals surface area contributed by atoms with Gasteiger partial charge < -0.3 is 23.4 Å². The van der Waals surface area contributed by atoms with Crippen molar-refractivity contribution in [3.63, 3.8) is 0 Å². The lowest BCUT2D eigenvalue weighted by Gasteiger charge is -2.12. The van der Waals surface area contributed by atoms with Gasteiger partial charge in [0.05, 0.1) is 42.1 Å². The second-order valence-corrected chi connectivity index (χ2v) is 12.1. The van der Waals surface area contributed by atoms with E-state index in [1.807, 2.05) is 110 Å². The van der Waals surface area contributed by atoms with Crippen LogP contribution in [0.1, 0.15) is 45.8 Å². The van der Waals surface area contributed by atoms with Crippen LogP contribution in [0.2, 0.25) is 0 Å². The van der Waals surface area contributed by atoms with E-state index in [0.717, 1.165) is 38.6 Å². The number of esters is 1. The van der Waals surface area contributed by atoms with Gasteiger partial charge in [0.2, 0.25) is 11.8 Å². The van der Waals surface area contributed by atoms with Crippen LogP contribution in [0.4, 0.5) is 0 Å². The SMILES string of the molecule is CCOC(=O)Cc1ccc(-c2nc(COc3ccc(COc4nn(-c5ccccc5)cc4/C=C/c4csc(C)n4)cc3OC)c(C)o2)cc1. The van der Waals surface area contributed by atoms with Crippen LogP contribution in [0.3, 0.4) is 0 Å². The van der Waals surface area contributed by atoms with E-state index in [1.165, 1.54) is 0 Å². The van der Waals surface area contributed by atoms with E-state index in [9.17, 15) is 4.79 Å². The lowest BCUT2D eigenvalue weighted by Crippen LogP contribution is -2.07. The van der Waals surface area contributed by atoms with E-state index < -0.39 is 0 Å². The lowest BCUT2D eigenvalue weighted by atomic mass is 10.1. The summed E-state index contributed by atoms with van der Waals surface area (Å²) in [4.78, 5) is 21.0. The molecule has 49 heavy (non-hydrogen) atoms. The van der Waals surface area contributed by atoms with Crippen molar-refractivity contribution in [1.29, 1.82) is 0 Å². The number of hydrogen-bond donors (Lipinski definition) is 0. The summed E-state index contributed by atoms with van der Waals surface area (Å²) in [5.41, 5.74) is 5.86. The number of thiazole rings is 1. The van der Waals surface area contributed by atoms with Gasteiger partial charge in [0.1, 0.15) is 24.7 Å². The van der Waals surface area contributed by atoms with E-state index in [0.29, 0.717) is 41.3 Å². The summed E-state index contributed by atoms with van der Waals surface area (Å²) in [6.45, 7) is 6.44. The first kappa shape index (κ1) is 33.2. The molecule has 6 rings (SSSR count). The highest BCUT2D eigenvalue weighted by molar-refractivity contribution is 7.09. The third-order valence-corrected chi connectivity index (χ3v) is 8.31. The fourth-order valence-corrected chi connectivity index (χ4v) is 5.57. The second kappa shape index (κ2) is 15.5. The van der Waals surface area contributed by atoms with Gasteiger partial charge >= 0.3 is 5.97 Å². The van der Waals surface area contributed by atoms with Gasteiger partial charge in [-0.25, -0.2) is 14.6 Å². The van der Waals surface area contributed by atoms with Crippen LogP contribution in [0.25, 0.3) is 29.3 Å². The highest BCUT2D eigenvalue weighted by atomic mass is 32.1. The smallest absolute Gasteiger partial charge is 0.310 e. The molecule has 0 saturated heterocycles. The van der Waals surface area contributed by atoms with E-state index in [-0.39, 0.29) is 25.6 Å². The molecule has 0 aliphatic carbocycles. The molecule has 10 nitrogen and oxygen atoms in total. The van der Waals surface area contributed by atoms with Crippen LogP contribution in [0, 0.1) is 13.8 Å². The Morgan fingerprint density at radius 1 is 0.918 bits per heavy atom. The fourth-order valence-electron chi connectivity index (χ4n) is 4.99. The molecule has 0 radical (unpaired) electrons. The third kappa shape index (κ3) is 8.43. The van der Waals surface area contributed by atoms with Crippen LogP contribution in [0.5, 0.6) is 17.4 Å². The molecule has 0 amide bonds. The predicted molar refractivity (Wildman–Crippen MR) is 188 cm³/mol. The molecule has 6 aromatic rings. The molecule has 250 valence electrons. The van der Waals surface area contributed by atoms with Crippen LogP contribution in [-0.2, 0) is 29.2 Å². The van der Waals surface area contributed by atoms with Crippen LogP contribution >= 0.6 is 11.3 Å². The molecule has 0 saturated carbocycles. The lowest BCUT2D eigenvalue weighted by molar-refractivity contribution is -0.142. The Kier molecular flexibility index (Phi) is 10.5. The molecule has 3 heterocycles. The fraction of sp³-hybridized carbons (Fsp3) is 0.211. The molecule has 3 aromatic heterocycles. The van der Waals surface area contributed by atoms with E-state index in [1.54, 1.807) is 30.1 Å². The number of carbonyl (C=O) groups excluding carboxylic acids is 1. The molecule has 0 aliphatic rings. The minimum absolute atomic E-state index is 0.188. The number of methoxy groups -OCH3 is 1. The Labute approximate surface area is 288 Å². The summed E-state index contributed by atoms with van der Waals surface area (Å²) < 4.78 is 30.8. The molecular formula is C38H36N4O6S. The van der Waals surface area contributed by atoms with Gasteiger partial charge in [-0.05, 0) is 80.4 Å². The monoisotopic (exact) mass is 676 g/mol. The summed E-state index contributed by atoms with van der Waals surface area (Å²) in [5, 5.41) is 7.75. The number of nitrogens with zero attached hydrogens (tertiary/aromatic N) is 4. The number of ether oxygens (including phenoxy) is 4. The van der Waals surface area contributed by atoms with Crippen molar-refractivity contribution in [2.45, 2.75) is 40.4 Å². The van der Waals surface area contributed by atoms with Gasteiger partial charge in [0.25, 0.3) is 0 Å². The number of hydrogen-bond acceptors (Lipinski definition) is 10. The number of aromatic nitrogens is 4. The molecule has 0 bridgehead atoms. The largest absolute Gasteiger partial charge is 0.493 e. The first-order chi connectivity index (χ1) is 23.9. The quantitative estimate of drug-likeness (QED) is 0.106. The number of benzene rings is 3. The summed E-state index contributed by atoms with van der Waals surface area (Å²) >= 11 is 1.61. The zero-order valence-electron chi connectivity index (χ0n) is 27.7. The van der Waals surface area contributed by atoms with Crippen molar-refractivity contribution in [3.05, 3.63) is 123 Å². The standard InChI is InChI=1S/C38H36N4O6S/c1-5-45-36(43)20-27-11-14-29(15-12-27)37-40-33(25(2)48-37)23-46-34-18-13-28(19-35(34)44-4)22-47-38-30(16-17-31-24-49-26(3)39-31)21-42(41-38)32-9-7-6-8-10-32/h6-19,21,24H,5,20,22-23H2,1-4H3/b17-16+. The zero-order chi connectivity index (χ0) is 34.2. The number of para-hydroxylation sites is 1. The van der Waals surface area contributed by atoms with E-state index in [2.05, 4.69) is 9.97 Å². The van der Waals surface area contributed by atoms with Crippen molar-refractivity contribution in [3.8, 4) is 34.5 Å². The van der Waals surface area contributed by atoms with E-state index in [4.69, 9.17) is 28.5 Å². The molecule has 0 spiro atoms. The Morgan fingerprint density at radius 2 is 1.71 bits per heavy atom. The van der Waals surface area contributed by atoms with Gasteiger partial charge in [-0.1, -0.05) is 36.4 Å². The Balaban J connectivity index is 1.12. The van der Waals surface area contributed by atoms with Gasteiger partial charge in [-0.2, -0.15) is 0 Å². The summed E-state index contributed by atoms with van der Waals surface area (Å²) in [7, 11) is 1.60. The van der Waals surface area contributed by atoms with Gasteiger partial charge in [0, 0.05) is 17.1 Å². The average molecular weight is 677 g/mol. The Hall–Kier alpha value is -5.68. The van der Waals surface area contributed by atoms with Crippen LogP contribution in [-0.4, -0.2) is 39.4 Å². The number of oxazole rings is 1. The predicted octanol–water partition coefficient (Wildman–Crippen LogP) is 8.04. The molecule has 11 heteroatoms. The first-order valence-corrected chi connectivity index (χ1v) is 16.7. The Bertz CT molecular complexity index is 2050. The van der Waals surface area contributed by atoms with Crippen molar-refractivity contribution in [2.24, 2.45) is 0 Å². The summed E-state index contributed by atoms with van der Waals surface area (Å²) in [5.74, 6) is 2.50. The number of aryl methyl sites for hydroxylation is 2. The molecule has 0 unspecified atom stereocenters. The molecule has 3 aromatic carbocycles. The second-order valence-electron chi connectivity index (χ2n) is 11.1. The molecular weight excluding hydrogens is 641 g/mol. The maximum Gasteiger partial charge on any atom is 0.310 e. The number of rotatable bonds is 14. The normalized spacial score (nSPS) is 11.2. The van der Waals surface area contributed by atoms with Crippen molar-refractivity contribution >= 4 is 29.5 Å². The van der Waals surface area contributed by atoms with Gasteiger partial charge in [-0.15, -0.1) is 16.4 Å². The topological polar surface area (TPSA) is 111 Å². The van der Waals surface area contributed by atoms with Crippen LogP contribution < -0.4 is 14.2 Å².